The molecule has 1 unspecified atom stereocenters. The molecule has 1 saturated heterocycles. The number of fused-ring (bicyclic) bond motifs is 1. The number of carbonyl (C=O) groups is 1. The van der Waals surface area contributed by atoms with Crippen molar-refractivity contribution in [1.82, 2.24) is 4.31 Å². The second kappa shape index (κ2) is 4.99. The van der Waals surface area contributed by atoms with Crippen molar-refractivity contribution in [2.24, 2.45) is 10.9 Å². The monoisotopic (exact) mass is 294 g/mol. The molecule has 0 bridgehead atoms. The van der Waals surface area contributed by atoms with Gasteiger partial charge in [-0.1, -0.05) is 12.1 Å². The molecule has 2 aliphatic heterocycles. The van der Waals surface area contributed by atoms with Crippen molar-refractivity contribution in [1.29, 1.82) is 0 Å². The van der Waals surface area contributed by atoms with Gasteiger partial charge in [-0.15, -0.1) is 0 Å². The number of hydrogen-bond donors (Lipinski definition) is 0. The van der Waals surface area contributed by atoms with Crippen molar-refractivity contribution < 1.29 is 17.9 Å². The number of ether oxygens (including phenoxy) is 1. The molecule has 0 radical (unpaired) electrons. The van der Waals surface area contributed by atoms with E-state index in [2.05, 4.69) is 4.99 Å². The van der Waals surface area contributed by atoms with Crippen LogP contribution < -0.4 is 0 Å². The van der Waals surface area contributed by atoms with E-state index in [-0.39, 0.29) is 23.1 Å². The van der Waals surface area contributed by atoms with Crippen LogP contribution in [-0.2, 0) is 19.6 Å². The van der Waals surface area contributed by atoms with Gasteiger partial charge in [-0.25, -0.2) is 17.7 Å². The number of hydrogen-bond acceptors (Lipinski definition) is 5. The van der Waals surface area contributed by atoms with Gasteiger partial charge in [0, 0.05) is 12.5 Å². The minimum absolute atomic E-state index is 0.128. The van der Waals surface area contributed by atoms with Gasteiger partial charge in [0.15, 0.2) is 5.78 Å². The summed E-state index contributed by atoms with van der Waals surface area (Å²) in [5.74, 6) is -0.340. The van der Waals surface area contributed by atoms with Crippen molar-refractivity contribution >= 4 is 27.8 Å². The zero-order chi connectivity index (χ0) is 14.2. The lowest BCUT2D eigenvalue weighted by molar-refractivity contribution is -0.122. The summed E-state index contributed by atoms with van der Waals surface area (Å²) in [6, 6.07) is 6.50. The van der Waals surface area contributed by atoms with Crippen LogP contribution in [0.5, 0.6) is 0 Å². The van der Waals surface area contributed by atoms with Crippen LogP contribution in [-0.4, -0.2) is 44.6 Å². The van der Waals surface area contributed by atoms with Crippen molar-refractivity contribution in [3.8, 4) is 0 Å². The summed E-state index contributed by atoms with van der Waals surface area (Å²) in [5, 5.41) is 0. The van der Waals surface area contributed by atoms with Crippen LogP contribution in [0, 0.1) is 5.92 Å². The second-order valence-corrected chi connectivity index (χ2v) is 6.65. The molecule has 0 N–H and O–H groups in total. The van der Waals surface area contributed by atoms with Crippen LogP contribution in [0.3, 0.4) is 0 Å². The average molecular weight is 294 g/mol. The highest BCUT2D eigenvalue weighted by molar-refractivity contribution is 7.89. The Morgan fingerprint density at radius 1 is 1.40 bits per heavy atom. The van der Waals surface area contributed by atoms with Crippen molar-refractivity contribution in [3.63, 3.8) is 0 Å². The Morgan fingerprint density at radius 2 is 2.20 bits per heavy atom. The third-order valence-corrected chi connectivity index (χ3v) is 5.22. The van der Waals surface area contributed by atoms with E-state index in [9.17, 15) is 13.2 Å². The van der Waals surface area contributed by atoms with E-state index >= 15 is 0 Å². The molecule has 1 atom stereocenters. The lowest BCUT2D eigenvalue weighted by Gasteiger charge is -2.24. The first-order valence-corrected chi connectivity index (χ1v) is 7.78. The molecule has 106 valence electrons. The third-order valence-electron chi connectivity index (χ3n) is 3.47. The molecule has 3 rings (SSSR count). The van der Waals surface area contributed by atoms with Gasteiger partial charge in [-0.2, -0.15) is 0 Å². The fourth-order valence-electron chi connectivity index (χ4n) is 2.29. The predicted octanol–water partition coefficient (Wildman–Crippen LogP) is 0.956. The summed E-state index contributed by atoms with van der Waals surface area (Å²) in [6.45, 7) is 0.745. The highest BCUT2D eigenvalue weighted by Gasteiger charge is 2.32. The number of sulfonamides is 1. The van der Waals surface area contributed by atoms with Crippen molar-refractivity contribution in [2.75, 3.05) is 19.8 Å². The summed E-state index contributed by atoms with van der Waals surface area (Å²) in [6.07, 6.45) is 1.87. The van der Waals surface area contributed by atoms with Gasteiger partial charge in [-0.3, -0.25) is 4.79 Å². The summed E-state index contributed by atoms with van der Waals surface area (Å²) < 4.78 is 31.0. The second-order valence-electron chi connectivity index (χ2n) is 4.79. The lowest BCUT2D eigenvalue weighted by atomic mass is 10.0. The smallest absolute Gasteiger partial charge is 0.267 e. The van der Waals surface area contributed by atoms with Crippen LogP contribution >= 0.6 is 0 Å². The van der Waals surface area contributed by atoms with Crippen LogP contribution in [0.25, 0.3) is 0 Å². The molecule has 0 aliphatic carbocycles. The molecule has 0 amide bonds. The first-order chi connectivity index (χ1) is 9.59. The van der Waals surface area contributed by atoms with Gasteiger partial charge in [0.2, 0.25) is 0 Å². The summed E-state index contributed by atoms with van der Waals surface area (Å²) in [5.41, 5.74) is 0.403. The Hall–Kier alpha value is -1.73. The summed E-state index contributed by atoms with van der Waals surface area (Å²) in [4.78, 5) is 16.3. The zero-order valence-corrected chi connectivity index (χ0v) is 11.5. The summed E-state index contributed by atoms with van der Waals surface area (Å²) in [7, 11) is -3.69. The van der Waals surface area contributed by atoms with Gasteiger partial charge in [0.05, 0.1) is 18.8 Å². The molecule has 1 aromatic carbocycles. The molecule has 0 saturated carbocycles. The molecular formula is C13H14N2O4S. The number of rotatable bonds is 3. The van der Waals surface area contributed by atoms with Gasteiger partial charge >= 0.3 is 0 Å². The van der Waals surface area contributed by atoms with E-state index in [1.165, 1.54) is 12.4 Å². The van der Waals surface area contributed by atoms with E-state index in [4.69, 9.17) is 4.74 Å². The van der Waals surface area contributed by atoms with Gasteiger partial charge in [-0.05, 0) is 18.6 Å². The minimum atomic E-state index is -3.69. The number of benzene rings is 1. The first kappa shape index (κ1) is 13.3. The van der Waals surface area contributed by atoms with Crippen LogP contribution in [0.15, 0.2) is 34.2 Å². The Kier molecular flexibility index (Phi) is 3.31. The molecule has 6 nitrogen and oxygen atoms in total. The number of aliphatic imine (C=N–C) groups is 1. The van der Waals surface area contributed by atoms with Crippen LogP contribution in [0.1, 0.15) is 6.42 Å². The highest BCUT2D eigenvalue weighted by Crippen LogP contribution is 2.30. The van der Waals surface area contributed by atoms with E-state index < -0.39 is 10.0 Å². The topological polar surface area (TPSA) is 76.0 Å². The molecule has 0 aromatic heterocycles. The quantitative estimate of drug-likeness (QED) is 0.832. The Morgan fingerprint density at radius 3 is 2.95 bits per heavy atom. The molecule has 1 aromatic rings. The lowest BCUT2D eigenvalue weighted by Crippen LogP contribution is -2.38. The molecule has 1 fully saturated rings. The van der Waals surface area contributed by atoms with Crippen LogP contribution in [0.2, 0.25) is 0 Å². The van der Waals surface area contributed by atoms with E-state index in [1.54, 1.807) is 18.2 Å². The summed E-state index contributed by atoms with van der Waals surface area (Å²) >= 11 is 0. The Balaban J connectivity index is 1.84. The van der Waals surface area contributed by atoms with E-state index in [0.29, 0.717) is 25.3 Å². The molecule has 7 heteroatoms. The van der Waals surface area contributed by atoms with E-state index in [0.717, 1.165) is 4.31 Å². The minimum Gasteiger partial charge on any atom is -0.381 e. The van der Waals surface area contributed by atoms with Gasteiger partial charge in [0.1, 0.15) is 11.2 Å². The third kappa shape index (κ3) is 2.23. The highest BCUT2D eigenvalue weighted by atomic mass is 32.2. The molecule has 2 aliphatic rings. The normalized spacial score (nSPS) is 23.6. The molecule has 2 heterocycles. The van der Waals surface area contributed by atoms with Crippen molar-refractivity contribution in [3.05, 3.63) is 24.3 Å². The molecule has 0 spiro atoms. The number of carbonyl (C=O) groups excluding carboxylic acids is 1. The number of nitrogens with zero attached hydrogens (tertiary/aromatic N) is 2. The number of ketones is 1. The average Bonchev–Trinajstić information content (AvgIpc) is 2.96. The number of Topliss-reactive ketones (excluding diaryl/α,β-unsaturated/α-hetero) is 1. The molecule has 20 heavy (non-hydrogen) atoms. The fourth-order valence-corrected chi connectivity index (χ4v) is 3.65. The zero-order valence-electron chi connectivity index (χ0n) is 10.7. The van der Waals surface area contributed by atoms with Crippen molar-refractivity contribution in [2.45, 2.75) is 11.3 Å². The maximum Gasteiger partial charge on any atom is 0.267 e. The van der Waals surface area contributed by atoms with Crippen LogP contribution in [0.4, 0.5) is 5.69 Å². The van der Waals surface area contributed by atoms with E-state index in [1.807, 2.05) is 0 Å². The molecular weight excluding hydrogens is 280 g/mol. The first-order valence-electron chi connectivity index (χ1n) is 6.34. The SMILES string of the molecule is O=C(CN1C=Nc2ccccc2S1(=O)=O)C1CCOC1. The predicted molar refractivity (Wildman–Crippen MR) is 72.4 cm³/mol. The fraction of sp³-hybridized carbons (Fsp3) is 0.385. The Labute approximate surface area is 117 Å². The number of para-hydroxylation sites is 1. The standard InChI is InChI=1S/C13H14N2O4S/c16-12(10-5-6-19-8-10)7-15-9-14-11-3-1-2-4-13(11)20(15,17)18/h1-4,9-10H,5-8H2. The van der Waals surface area contributed by atoms with Gasteiger partial charge < -0.3 is 4.74 Å². The Bertz CT molecular complexity index is 663. The van der Waals surface area contributed by atoms with Gasteiger partial charge in [0.25, 0.3) is 10.0 Å². The maximum atomic E-state index is 12.4. The maximum absolute atomic E-state index is 12.4. The largest absolute Gasteiger partial charge is 0.381 e.